The van der Waals surface area contributed by atoms with Crippen LogP contribution in [0.3, 0.4) is 0 Å². The Balaban J connectivity index is 1.42. The van der Waals surface area contributed by atoms with E-state index in [1.54, 1.807) is 4.68 Å². The van der Waals surface area contributed by atoms with E-state index in [1.165, 1.54) is 5.56 Å². The fraction of sp³-hybridized carbons (Fsp3) is 0.308. The molecule has 0 unspecified atom stereocenters. The summed E-state index contributed by atoms with van der Waals surface area (Å²) in [6.07, 6.45) is 1.83. The summed E-state index contributed by atoms with van der Waals surface area (Å²) in [6.45, 7) is 7.84. The van der Waals surface area contributed by atoms with Crippen molar-refractivity contribution >= 4 is 16.9 Å². The minimum absolute atomic E-state index is 0.0457. The summed E-state index contributed by atoms with van der Waals surface area (Å²) in [5, 5.41) is 5.40. The molecule has 0 aliphatic carbocycles. The van der Waals surface area contributed by atoms with Gasteiger partial charge in [-0.05, 0) is 32.0 Å². The van der Waals surface area contributed by atoms with Gasteiger partial charge in [0.15, 0.2) is 5.65 Å². The lowest BCUT2D eigenvalue weighted by Gasteiger charge is -2.34. The van der Waals surface area contributed by atoms with Crippen LogP contribution in [-0.2, 0) is 13.6 Å². The Labute approximate surface area is 193 Å². The first-order chi connectivity index (χ1) is 16.0. The topological polar surface area (TPSA) is 67.2 Å². The summed E-state index contributed by atoms with van der Waals surface area (Å²) in [7, 11) is 1.88. The lowest BCUT2D eigenvalue weighted by molar-refractivity contribution is 0.0629. The van der Waals surface area contributed by atoms with Crippen molar-refractivity contribution in [3.63, 3.8) is 0 Å². The van der Waals surface area contributed by atoms with Crippen LogP contribution in [0.1, 0.15) is 27.3 Å². The molecule has 4 aromatic rings. The molecule has 1 fully saturated rings. The molecule has 1 aliphatic heterocycles. The quantitative estimate of drug-likeness (QED) is 0.485. The molecule has 5 rings (SSSR count). The summed E-state index contributed by atoms with van der Waals surface area (Å²) in [5.41, 5.74) is 6.28. The zero-order chi connectivity index (χ0) is 22.9. The van der Waals surface area contributed by atoms with E-state index in [0.29, 0.717) is 18.7 Å². The highest BCUT2D eigenvalue weighted by atomic mass is 16.2. The molecule has 0 spiro atoms. The molecule has 1 saturated heterocycles. The Morgan fingerprint density at radius 1 is 1.00 bits per heavy atom. The lowest BCUT2D eigenvalue weighted by Crippen LogP contribution is -2.48. The molecule has 1 aliphatic rings. The van der Waals surface area contributed by atoms with Gasteiger partial charge in [0.25, 0.3) is 5.91 Å². The van der Waals surface area contributed by atoms with Gasteiger partial charge in [0.2, 0.25) is 0 Å². The Morgan fingerprint density at radius 3 is 2.45 bits per heavy atom. The number of carbonyl (C=O) groups excluding carboxylic acids is 1. The fourth-order valence-corrected chi connectivity index (χ4v) is 4.49. The third kappa shape index (κ3) is 4.24. The van der Waals surface area contributed by atoms with Crippen LogP contribution in [0.2, 0.25) is 0 Å². The van der Waals surface area contributed by atoms with Gasteiger partial charge in [-0.3, -0.25) is 19.4 Å². The molecule has 7 nitrogen and oxygen atoms in total. The molecular weight excluding hydrogens is 412 g/mol. The Hall–Kier alpha value is -3.58. The number of pyridine rings is 2. The number of carbonyl (C=O) groups is 1. The maximum Gasteiger partial charge on any atom is 0.254 e. The molecule has 4 heterocycles. The van der Waals surface area contributed by atoms with Crippen molar-refractivity contribution < 1.29 is 4.79 Å². The lowest BCUT2D eigenvalue weighted by atomic mass is 10.0. The van der Waals surface area contributed by atoms with E-state index < -0.39 is 0 Å². The molecule has 7 heteroatoms. The van der Waals surface area contributed by atoms with Gasteiger partial charge in [-0.1, -0.05) is 35.9 Å². The Kier molecular flexibility index (Phi) is 5.64. The number of benzene rings is 1. The normalized spacial score (nSPS) is 14.7. The van der Waals surface area contributed by atoms with Crippen LogP contribution in [0.5, 0.6) is 0 Å². The zero-order valence-corrected chi connectivity index (χ0v) is 19.3. The van der Waals surface area contributed by atoms with E-state index in [0.717, 1.165) is 53.3 Å². The standard InChI is InChI=1S/C26H28N6O/c1-18-7-9-20(10-8-18)23-16-22(24-19(2)29-30(3)25(24)28-23)26(33)32-14-12-31(13-15-32)17-21-6-4-5-11-27-21/h4-11,16H,12-15,17H2,1-3H3. The third-order valence-electron chi connectivity index (χ3n) is 6.32. The Morgan fingerprint density at radius 2 is 1.76 bits per heavy atom. The number of nitrogens with zero attached hydrogens (tertiary/aromatic N) is 6. The molecule has 3 aromatic heterocycles. The minimum Gasteiger partial charge on any atom is -0.336 e. The summed E-state index contributed by atoms with van der Waals surface area (Å²) in [4.78, 5) is 27.3. The molecule has 1 amide bonds. The SMILES string of the molecule is Cc1ccc(-c2cc(C(=O)N3CCN(Cc4ccccn4)CC3)c3c(C)nn(C)c3n2)cc1. The van der Waals surface area contributed by atoms with Crippen LogP contribution in [0.15, 0.2) is 54.7 Å². The predicted octanol–water partition coefficient (Wildman–Crippen LogP) is 3.61. The number of hydrogen-bond donors (Lipinski definition) is 0. The number of aryl methyl sites for hydroxylation is 3. The molecule has 1 aromatic carbocycles. The molecule has 168 valence electrons. The molecule has 33 heavy (non-hydrogen) atoms. The van der Waals surface area contributed by atoms with E-state index in [4.69, 9.17) is 4.98 Å². The van der Waals surface area contributed by atoms with Crippen LogP contribution in [0.4, 0.5) is 0 Å². The molecule has 0 saturated carbocycles. The van der Waals surface area contributed by atoms with Gasteiger partial charge < -0.3 is 4.90 Å². The number of rotatable bonds is 4. The van der Waals surface area contributed by atoms with Gasteiger partial charge >= 0.3 is 0 Å². The molecular formula is C26H28N6O. The van der Waals surface area contributed by atoms with E-state index >= 15 is 0 Å². The molecule has 0 atom stereocenters. The highest BCUT2D eigenvalue weighted by Gasteiger charge is 2.26. The molecule has 0 N–H and O–H groups in total. The maximum atomic E-state index is 13.7. The average molecular weight is 441 g/mol. The van der Waals surface area contributed by atoms with E-state index in [1.807, 2.05) is 49.3 Å². The second kappa shape index (κ2) is 8.75. The summed E-state index contributed by atoms with van der Waals surface area (Å²) in [5.74, 6) is 0.0457. The van der Waals surface area contributed by atoms with Gasteiger partial charge in [-0.15, -0.1) is 0 Å². The Bertz CT molecular complexity index is 1290. The number of aromatic nitrogens is 4. The van der Waals surface area contributed by atoms with Crippen molar-refractivity contribution in [3.05, 3.63) is 77.2 Å². The molecule has 0 radical (unpaired) electrons. The first-order valence-corrected chi connectivity index (χ1v) is 11.3. The molecule has 0 bridgehead atoms. The summed E-state index contributed by atoms with van der Waals surface area (Å²) in [6, 6.07) is 16.2. The highest BCUT2D eigenvalue weighted by molar-refractivity contribution is 6.07. The number of piperazine rings is 1. The van der Waals surface area contributed by atoms with E-state index in [-0.39, 0.29) is 5.91 Å². The first kappa shape index (κ1) is 21.3. The average Bonchev–Trinajstić information content (AvgIpc) is 3.13. The van der Waals surface area contributed by atoms with Crippen molar-refractivity contribution in [2.45, 2.75) is 20.4 Å². The van der Waals surface area contributed by atoms with Crippen molar-refractivity contribution in [3.8, 4) is 11.3 Å². The monoisotopic (exact) mass is 440 g/mol. The van der Waals surface area contributed by atoms with Gasteiger partial charge in [0, 0.05) is 51.5 Å². The third-order valence-corrected chi connectivity index (χ3v) is 6.32. The van der Waals surface area contributed by atoms with Crippen LogP contribution in [0, 0.1) is 13.8 Å². The van der Waals surface area contributed by atoms with Crippen molar-refractivity contribution in [1.82, 2.24) is 29.5 Å². The van der Waals surface area contributed by atoms with Gasteiger partial charge in [0.1, 0.15) is 0 Å². The van der Waals surface area contributed by atoms with Crippen LogP contribution < -0.4 is 0 Å². The van der Waals surface area contributed by atoms with Crippen LogP contribution >= 0.6 is 0 Å². The predicted molar refractivity (Wildman–Crippen MR) is 129 cm³/mol. The van der Waals surface area contributed by atoms with Crippen LogP contribution in [-0.4, -0.2) is 61.6 Å². The number of hydrogen-bond acceptors (Lipinski definition) is 5. The van der Waals surface area contributed by atoms with Gasteiger partial charge in [0.05, 0.1) is 28.0 Å². The van der Waals surface area contributed by atoms with Gasteiger partial charge in [-0.25, -0.2) is 4.98 Å². The second-order valence-corrected chi connectivity index (χ2v) is 8.72. The maximum absolute atomic E-state index is 13.7. The van der Waals surface area contributed by atoms with Crippen molar-refractivity contribution in [1.29, 1.82) is 0 Å². The fourth-order valence-electron chi connectivity index (χ4n) is 4.49. The smallest absolute Gasteiger partial charge is 0.254 e. The summed E-state index contributed by atoms with van der Waals surface area (Å²) < 4.78 is 1.77. The van der Waals surface area contributed by atoms with Crippen molar-refractivity contribution in [2.75, 3.05) is 26.2 Å². The van der Waals surface area contributed by atoms with Gasteiger partial charge in [-0.2, -0.15) is 5.10 Å². The van der Waals surface area contributed by atoms with Crippen LogP contribution in [0.25, 0.3) is 22.3 Å². The van der Waals surface area contributed by atoms with Crippen molar-refractivity contribution in [2.24, 2.45) is 7.05 Å². The summed E-state index contributed by atoms with van der Waals surface area (Å²) >= 11 is 0. The highest BCUT2D eigenvalue weighted by Crippen LogP contribution is 2.28. The number of amides is 1. The van der Waals surface area contributed by atoms with E-state index in [2.05, 4.69) is 46.2 Å². The van der Waals surface area contributed by atoms with E-state index in [9.17, 15) is 4.79 Å². The zero-order valence-electron chi connectivity index (χ0n) is 19.3. The second-order valence-electron chi connectivity index (χ2n) is 8.72. The minimum atomic E-state index is 0.0457. The largest absolute Gasteiger partial charge is 0.336 e. The first-order valence-electron chi connectivity index (χ1n) is 11.3. The number of fused-ring (bicyclic) bond motifs is 1.